The summed E-state index contributed by atoms with van der Waals surface area (Å²) in [5, 5.41) is 12.0. The Hall–Kier alpha value is -1.63. The highest BCUT2D eigenvalue weighted by atomic mass is 16.6. The van der Waals surface area contributed by atoms with Crippen LogP contribution in [0.4, 0.5) is 0 Å². The molecule has 0 unspecified atom stereocenters. The van der Waals surface area contributed by atoms with Crippen molar-refractivity contribution in [3.63, 3.8) is 0 Å². The van der Waals surface area contributed by atoms with E-state index in [-0.39, 0.29) is 13.0 Å². The molecule has 0 aromatic carbocycles. The summed E-state index contributed by atoms with van der Waals surface area (Å²) >= 11 is 0. The van der Waals surface area contributed by atoms with Gasteiger partial charge in [0, 0.05) is 5.92 Å². The molecule has 2 N–H and O–H groups in total. The molecule has 0 spiro atoms. The standard InChI is InChI=1S/C22H39NO6/c1-5-28-21(27)18(15-24)23-20(26)17(14-19(25)29-22(2,3)4)13-9-12-16-10-7-6-8-11-16/h16-18,24H,5-15H2,1-4H3,(H,23,26)/t17-,18+/m1/s1. The molecule has 7 nitrogen and oxygen atoms in total. The lowest BCUT2D eigenvalue weighted by Gasteiger charge is -2.25. The number of aliphatic hydroxyl groups excluding tert-OH is 1. The summed E-state index contributed by atoms with van der Waals surface area (Å²) in [7, 11) is 0. The molecule has 29 heavy (non-hydrogen) atoms. The van der Waals surface area contributed by atoms with E-state index >= 15 is 0 Å². The van der Waals surface area contributed by atoms with Crippen molar-refractivity contribution in [2.24, 2.45) is 11.8 Å². The highest BCUT2D eigenvalue weighted by Gasteiger charge is 2.29. The third kappa shape index (κ3) is 10.6. The molecular weight excluding hydrogens is 374 g/mol. The summed E-state index contributed by atoms with van der Waals surface area (Å²) < 4.78 is 10.2. The zero-order chi connectivity index (χ0) is 21.9. The fourth-order valence-corrected chi connectivity index (χ4v) is 3.75. The van der Waals surface area contributed by atoms with Gasteiger partial charge in [-0.2, -0.15) is 0 Å². The number of hydrogen-bond acceptors (Lipinski definition) is 6. The van der Waals surface area contributed by atoms with E-state index < -0.39 is 42.0 Å². The molecule has 0 radical (unpaired) electrons. The second kappa shape index (κ2) is 12.8. The molecule has 168 valence electrons. The SMILES string of the molecule is CCOC(=O)[C@H](CO)NC(=O)[C@H](CCCC1CCCCC1)CC(=O)OC(C)(C)C. The molecule has 7 heteroatoms. The van der Waals surface area contributed by atoms with Gasteiger partial charge in [-0.15, -0.1) is 0 Å². The lowest BCUT2D eigenvalue weighted by molar-refractivity contribution is -0.157. The number of hydrogen-bond donors (Lipinski definition) is 2. The van der Waals surface area contributed by atoms with E-state index in [1.54, 1.807) is 27.7 Å². The maximum Gasteiger partial charge on any atom is 0.331 e. The zero-order valence-electron chi connectivity index (χ0n) is 18.5. The van der Waals surface area contributed by atoms with Crippen LogP contribution in [0.2, 0.25) is 0 Å². The van der Waals surface area contributed by atoms with Crippen molar-refractivity contribution in [3.8, 4) is 0 Å². The van der Waals surface area contributed by atoms with Gasteiger partial charge in [0.15, 0.2) is 6.04 Å². The smallest absolute Gasteiger partial charge is 0.331 e. The molecule has 1 amide bonds. The van der Waals surface area contributed by atoms with Crippen molar-refractivity contribution < 1.29 is 29.0 Å². The zero-order valence-corrected chi connectivity index (χ0v) is 18.5. The predicted octanol–water partition coefficient (Wildman–Crippen LogP) is 3.13. The van der Waals surface area contributed by atoms with Gasteiger partial charge in [-0.05, 0) is 40.0 Å². The first kappa shape index (κ1) is 25.4. The van der Waals surface area contributed by atoms with Gasteiger partial charge in [-0.3, -0.25) is 9.59 Å². The van der Waals surface area contributed by atoms with E-state index in [1.165, 1.54) is 32.1 Å². The third-order valence-electron chi connectivity index (χ3n) is 5.16. The normalized spacial score (nSPS) is 17.3. The summed E-state index contributed by atoms with van der Waals surface area (Å²) in [6.45, 7) is 6.62. The van der Waals surface area contributed by atoms with Gasteiger partial charge in [-0.25, -0.2) is 4.79 Å². The highest BCUT2D eigenvalue weighted by Crippen LogP contribution is 2.29. The molecule has 2 atom stereocenters. The number of nitrogens with one attached hydrogen (secondary N) is 1. The second-order valence-electron chi connectivity index (χ2n) is 8.92. The molecule has 0 saturated heterocycles. The molecule has 1 rings (SSSR count). The Morgan fingerprint density at radius 2 is 1.79 bits per heavy atom. The van der Waals surface area contributed by atoms with Crippen LogP contribution in [-0.4, -0.2) is 47.8 Å². The number of carbonyl (C=O) groups excluding carboxylic acids is 3. The van der Waals surface area contributed by atoms with E-state index in [0.717, 1.165) is 12.8 Å². The highest BCUT2D eigenvalue weighted by molar-refractivity contribution is 5.88. The van der Waals surface area contributed by atoms with Crippen LogP contribution in [0.3, 0.4) is 0 Å². The molecule has 0 bridgehead atoms. The third-order valence-corrected chi connectivity index (χ3v) is 5.16. The van der Waals surface area contributed by atoms with Gasteiger partial charge in [0.05, 0.1) is 19.6 Å². The van der Waals surface area contributed by atoms with Crippen molar-refractivity contribution in [2.75, 3.05) is 13.2 Å². The molecule has 1 aliphatic carbocycles. The minimum Gasteiger partial charge on any atom is -0.464 e. The van der Waals surface area contributed by atoms with Gasteiger partial charge < -0.3 is 19.9 Å². The molecule has 0 aliphatic heterocycles. The molecule has 1 saturated carbocycles. The molecule has 0 aromatic heterocycles. The second-order valence-corrected chi connectivity index (χ2v) is 8.92. The predicted molar refractivity (Wildman–Crippen MR) is 110 cm³/mol. The maximum absolute atomic E-state index is 12.8. The van der Waals surface area contributed by atoms with E-state index in [0.29, 0.717) is 12.3 Å². The summed E-state index contributed by atoms with van der Waals surface area (Å²) in [5.74, 6) is -1.45. The summed E-state index contributed by atoms with van der Waals surface area (Å²) in [6, 6.07) is -1.12. The van der Waals surface area contributed by atoms with E-state index in [9.17, 15) is 19.5 Å². The Morgan fingerprint density at radius 1 is 1.14 bits per heavy atom. The van der Waals surface area contributed by atoms with Crippen molar-refractivity contribution in [2.45, 2.75) is 97.1 Å². The van der Waals surface area contributed by atoms with E-state index in [1.807, 2.05) is 0 Å². The monoisotopic (exact) mass is 413 g/mol. The molecule has 1 fully saturated rings. The number of rotatable bonds is 11. The van der Waals surface area contributed by atoms with E-state index in [4.69, 9.17) is 9.47 Å². The quantitative estimate of drug-likeness (QED) is 0.505. The number of aliphatic hydroxyl groups is 1. The van der Waals surface area contributed by atoms with Crippen LogP contribution in [0.5, 0.6) is 0 Å². The van der Waals surface area contributed by atoms with Gasteiger partial charge in [0.25, 0.3) is 0 Å². The summed E-state index contributed by atoms with van der Waals surface area (Å²) in [6.07, 6.45) is 8.69. The molecule has 1 aliphatic rings. The van der Waals surface area contributed by atoms with Crippen molar-refractivity contribution in [3.05, 3.63) is 0 Å². The first-order valence-electron chi connectivity index (χ1n) is 11.0. The summed E-state index contributed by atoms with van der Waals surface area (Å²) in [5.41, 5.74) is -0.626. The van der Waals surface area contributed by atoms with Crippen LogP contribution in [0.15, 0.2) is 0 Å². The first-order chi connectivity index (χ1) is 13.7. The van der Waals surface area contributed by atoms with Crippen LogP contribution in [0.1, 0.15) is 85.5 Å². The Labute approximate surface area is 174 Å². The fraction of sp³-hybridized carbons (Fsp3) is 0.864. The lowest BCUT2D eigenvalue weighted by atomic mass is 9.84. The van der Waals surface area contributed by atoms with Gasteiger partial charge in [-0.1, -0.05) is 44.9 Å². The fourth-order valence-electron chi connectivity index (χ4n) is 3.75. The minimum atomic E-state index is -1.12. The lowest BCUT2D eigenvalue weighted by Crippen LogP contribution is -2.47. The Kier molecular flexibility index (Phi) is 11.2. The van der Waals surface area contributed by atoms with Crippen molar-refractivity contribution >= 4 is 17.8 Å². The van der Waals surface area contributed by atoms with Crippen LogP contribution < -0.4 is 5.32 Å². The van der Waals surface area contributed by atoms with Crippen molar-refractivity contribution in [1.82, 2.24) is 5.32 Å². The number of carbonyl (C=O) groups is 3. The number of esters is 2. The molecule has 0 heterocycles. The van der Waals surface area contributed by atoms with E-state index in [2.05, 4.69) is 5.32 Å². The number of ether oxygens (including phenoxy) is 2. The van der Waals surface area contributed by atoms with Crippen LogP contribution in [0.25, 0.3) is 0 Å². The molecule has 0 aromatic rings. The van der Waals surface area contributed by atoms with Crippen LogP contribution >= 0.6 is 0 Å². The minimum absolute atomic E-state index is 0.0469. The average Bonchev–Trinajstić information content (AvgIpc) is 2.64. The van der Waals surface area contributed by atoms with Crippen LogP contribution in [0, 0.1) is 11.8 Å². The maximum atomic E-state index is 12.8. The van der Waals surface area contributed by atoms with Gasteiger partial charge in [0.2, 0.25) is 5.91 Å². The largest absolute Gasteiger partial charge is 0.464 e. The van der Waals surface area contributed by atoms with Crippen molar-refractivity contribution in [1.29, 1.82) is 0 Å². The molecular formula is C22H39NO6. The Morgan fingerprint density at radius 3 is 2.34 bits per heavy atom. The van der Waals surface area contributed by atoms with Crippen LogP contribution in [-0.2, 0) is 23.9 Å². The average molecular weight is 414 g/mol. The Bertz CT molecular complexity index is 522. The summed E-state index contributed by atoms with van der Waals surface area (Å²) in [4.78, 5) is 36.9. The first-order valence-corrected chi connectivity index (χ1v) is 11.0. The van der Waals surface area contributed by atoms with Gasteiger partial charge >= 0.3 is 11.9 Å². The Balaban J connectivity index is 2.69. The number of amides is 1. The van der Waals surface area contributed by atoms with Gasteiger partial charge in [0.1, 0.15) is 5.60 Å². The topological polar surface area (TPSA) is 102 Å².